The lowest BCUT2D eigenvalue weighted by molar-refractivity contribution is 0.0935. The number of rotatable bonds is 1. The highest BCUT2D eigenvalue weighted by Crippen LogP contribution is 2.39. The molecule has 1 fully saturated rings. The van der Waals surface area contributed by atoms with Gasteiger partial charge in [0.05, 0.1) is 0 Å². The molecule has 0 bridgehead atoms. The standard InChI is InChI=1S/C9H18O4S/c1-8(2)4-3-5-9(10,7-6-8)14(11,12)13/h10H,3-7H2,1-2H3,(H,11,12,13). The van der Waals surface area contributed by atoms with Gasteiger partial charge in [-0.2, -0.15) is 8.42 Å². The molecule has 0 spiro atoms. The van der Waals surface area contributed by atoms with Crippen molar-refractivity contribution in [1.82, 2.24) is 0 Å². The van der Waals surface area contributed by atoms with Crippen molar-refractivity contribution in [3.63, 3.8) is 0 Å². The maximum absolute atomic E-state index is 11.0. The third-order valence-corrected chi connectivity index (χ3v) is 4.46. The smallest absolute Gasteiger partial charge is 0.294 e. The quantitative estimate of drug-likeness (QED) is 0.521. The van der Waals surface area contributed by atoms with Gasteiger partial charge in [0.2, 0.25) is 0 Å². The summed E-state index contributed by atoms with van der Waals surface area (Å²) in [6, 6.07) is 0. The summed E-state index contributed by atoms with van der Waals surface area (Å²) < 4.78 is 30.9. The molecule has 1 rings (SSSR count). The van der Waals surface area contributed by atoms with Crippen molar-refractivity contribution in [3.05, 3.63) is 0 Å². The molecule has 1 saturated carbocycles. The summed E-state index contributed by atoms with van der Waals surface area (Å²) >= 11 is 0. The first-order valence-corrected chi connectivity index (χ1v) is 6.30. The van der Waals surface area contributed by atoms with Gasteiger partial charge in [-0.05, 0) is 37.5 Å². The van der Waals surface area contributed by atoms with E-state index >= 15 is 0 Å². The van der Waals surface area contributed by atoms with Gasteiger partial charge in [-0.25, -0.2) is 0 Å². The summed E-state index contributed by atoms with van der Waals surface area (Å²) in [6.45, 7) is 4.09. The maximum Gasteiger partial charge on any atom is 0.294 e. The first-order chi connectivity index (χ1) is 6.16. The van der Waals surface area contributed by atoms with Gasteiger partial charge in [0.1, 0.15) is 0 Å². The Morgan fingerprint density at radius 3 is 2.14 bits per heavy atom. The average molecular weight is 222 g/mol. The van der Waals surface area contributed by atoms with Crippen molar-refractivity contribution in [2.75, 3.05) is 0 Å². The summed E-state index contributed by atoms with van der Waals surface area (Å²) in [5.41, 5.74) is 0.0508. The van der Waals surface area contributed by atoms with E-state index < -0.39 is 15.1 Å². The van der Waals surface area contributed by atoms with Gasteiger partial charge in [0, 0.05) is 0 Å². The van der Waals surface area contributed by atoms with Crippen molar-refractivity contribution >= 4 is 10.1 Å². The lowest BCUT2D eigenvalue weighted by atomic mass is 9.85. The van der Waals surface area contributed by atoms with Crippen LogP contribution in [0.4, 0.5) is 0 Å². The first kappa shape index (κ1) is 11.9. The summed E-state index contributed by atoms with van der Waals surface area (Å²) in [6.07, 6.45) is 2.38. The predicted molar refractivity (Wildman–Crippen MR) is 53.4 cm³/mol. The van der Waals surface area contributed by atoms with E-state index in [-0.39, 0.29) is 18.3 Å². The molecule has 0 aliphatic heterocycles. The van der Waals surface area contributed by atoms with Crippen molar-refractivity contribution in [2.45, 2.75) is 50.9 Å². The highest BCUT2D eigenvalue weighted by atomic mass is 32.2. The van der Waals surface area contributed by atoms with Crippen molar-refractivity contribution in [3.8, 4) is 0 Å². The summed E-state index contributed by atoms with van der Waals surface area (Å²) in [4.78, 5) is -1.92. The minimum atomic E-state index is -4.34. The van der Waals surface area contributed by atoms with Gasteiger partial charge >= 0.3 is 0 Å². The first-order valence-electron chi connectivity index (χ1n) is 4.86. The van der Waals surface area contributed by atoms with E-state index in [1.807, 2.05) is 13.8 Å². The third kappa shape index (κ3) is 2.46. The zero-order valence-corrected chi connectivity index (χ0v) is 9.47. The van der Waals surface area contributed by atoms with Gasteiger partial charge in [-0.15, -0.1) is 0 Å². The average Bonchev–Trinajstić information content (AvgIpc) is 2.10. The Balaban J connectivity index is 2.86. The molecule has 0 aromatic heterocycles. The van der Waals surface area contributed by atoms with E-state index in [0.717, 1.165) is 6.42 Å². The Labute approximate surface area is 85.1 Å². The van der Waals surface area contributed by atoms with Crippen molar-refractivity contribution in [1.29, 1.82) is 0 Å². The molecule has 84 valence electrons. The molecule has 2 N–H and O–H groups in total. The lowest BCUT2D eigenvalue weighted by Gasteiger charge is -2.24. The maximum atomic E-state index is 11.0. The van der Waals surface area contributed by atoms with Crippen LogP contribution in [0, 0.1) is 5.41 Å². The zero-order valence-electron chi connectivity index (χ0n) is 8.65. The second-order valence-electron chi connectivity index (χ2n) is 4.94. The van der Waals surface area contributed by atoms with Crippen LogP contribution in [0.25, 0.3) is 0 Å². The molecule has 0 heterocycles. The highest BCUT2D eigenvalue weighted by Gasteiger charge is 2.43. The van der Waals surface area contributed by atoms with Gasteiger partial charge in [-0.3, -0.25) is 4.55 Å². The van der Waals surface area contributed by atoms with Crippen LogP contribution in [0.15, 0.2) is 0 Å². The molecular formula is C9H18O4S. The van der Waals surface area contributed by atoms with Crippen LogP contribution in [-0.2, 0) is 10.1 Å². The predicted octanol–water partition coefficient (Wildman–Crippen LogP) is 1.55. The molecule has 0 saturated heterocycles. The second-order valence-corrected chi connectivity index (χ2v) is 6.65. The van der Waals surface area contributed by atoms with E-state index in [2.05, 4.69) is 0 Å². The molecule has 5 heteroatoms. The Kier molecular flexibility index (Phi) is 2.96. The van der Waals surface area contributed by atoms with Crippen molar-refractivity contribution in [2.24, 2.45) is 5.41 Å². The summed E-state index contributed by atoms with van der Waals surface area (Å²) in [5, 5.41) is 9.78. The number of hydrogen-bond donors (Lipinski definition) is 2. The van der Waals surface area contributed by atoms with Crippen LogP contribution < -0.4 is 0 Å². The molecular weight excluding hydrogens is 204 g/mol. The molecule has 0 aromatic rings. The largest absolute Gasteiger partial charge is 0.372 e. The normalized spacial score (nSPS) is 33.7. The Morgan fingerprint density at radius 1 is 1.07 bits per heavy atom. The summed E-state index contributed by atoms with van der Waals surface area (Å²) in [7, 11) is -4.34. The van der Waals surface area contributed by atoms with Gasteiger partial charge in [-0.1, -0.05) is 13.8 Å². The van der Waals surface area contributed by atoms with Crippen molar-refractivity contribution < 1.29 is 18.1 Å². The molecule has 1 aliphatic rings. The van der Waals surface area contributed by atoms with E-state index in [1.54, 1.807) is 0 Å². The molecule has 1 aliphatic carbocycles. The second kappa shape index (κ2) is 3.47. The minimum Gasteiger partial charge on any atom is -0.372 e. The Morgan fingerprint density at radius 2 is 1.64 bits per heavy atom. The van der Waals surface area contributed by atoms with Crippen LogP contribution in [0.5, 0.6) is 0 Å². The third-order valence-electron chi connectivity index (χ3n) is 3.09. The molecule has 0 amide bonds. The number of hydrogen-bond acceptors (Lipinski definition) is 3. The number of aliphatic hydroxyl groups is 1. The fraction of sp³-hybridized carbons (Fsp3) is 1.00. The molecule has 4 nitrogen and oxygen atoms in total. The molecule has 1 atom stereocenters. The van der Waals surface area contributed by atoms with Crippen LogP contribution in [-0.4, -0.2) is 23.0 Å². The van der Waals surface area contributed by atoms with E-state index in [4.69, 9.17) is 4.55 Å². The van der Waals surface area contributed by atoms with Gasteiger partial charge in [0.25, 0.3) is 10.1 Å². The van der Waals surface area contributed by atoms with E-state index in [1.165, 1.54) is 0 Å². The zero-order chi connectivity index (χ0) is 11.0. The molecule has 14 heavy (non-hydrogen) atoms. The van der Waals surface area contributed by atoms with E-state index in [0.29, 0.717) is 12.8 Å². The molecule has 0 radical (unpaired) electrons. The highest BCUT2D eigenvalue weighted by molar-refractivity contribution is 7.87. The fourth-order valence-electron chi connectivity index (χ4n) is 1.88. The monoisotopic (exact) mass is 222 g/mol. The lowest BCUT2D eigenvalue weighted by Crippen LogP contribution is -2.37. The van der Waals surface area contributed by atoms with Crippen LogP contribution in [0.2, 0.25) is 0 Å². The van der Waals surface area contributed by atoms with Gasteiger partial charge in [0.15, 0.2) is 4.93 Å². The van der Waals surface area contributed by atoms with Gasteiger partial charge < -0.3 is 5.11 Å². The fourth-order valence-corrected chi connectivity index (χ4v) is 2.65. The van der Waals surface area contributed by atoms with Crippen LogP contribution in [0.3, 0.4) is 0 Å². The molecule has 1 unspecified atom stereocenters. The van der Waals surface area contributed by atoms with E-state index in [9.17, 15) is 13.5 Å². The minimum absolute atomic E-state index is 0.0508. The Hall–Kier alpha value is -0.130. The SMILES string of the molecule is CC1(C)CCCC(O)(S(=O)(=O)O)CC1. The summed E-state index contributed by atoms with van der Waals surface area (Å²) in [5.74, 6) is 0. The topological polar surface area (TPSA) is 74.6 Å². The molecule has 0 aromatic carbocycles. The Bertz CT molecular complexity index is 307. The van der Waals surface area contributed by atoms with Crippen LogP contribution in [0.1, 0.15) is 46.0 Å². The van der Waals surface area contributed by atoms with Crippen LogP contribution >= 0.6 is 0 Å².